The summed E-state index contributed by atoms with van der Waals surface area (Å²) in [6, 6.07) is 8.60. The van der Waals surface area contributed by atoms with Gasteiger partial charge in [-0.1, -0.05) is 42.5 Å². The lowest BCUT2D eigenvalue weighted by molar-refractivity contribution is -0.173. The Morgan fingerprint density at radius 3 is 2.13 bits per heavy atom. The molecule has 1 aliphatic rings. The quantitative estimate of drug-likeness (QED) is 0.349. The van der Waals surface area contributed by atoms with Crippen molar-refractivity contribution in [2.45, 2.75) is 20.3 Å². The normalized spacial score (nSPS) is 18.4. The topological polar surface area (TPSA) is 69.7 Å². The lowest BCUT2D eigenvalue weighted by Crippen LogP contribution is -2.47. The Morgan fingerprint density at radius 1 is 1.04 bits per heavy atom. The molecule has 23 heavy (non-hydrogen) atoms. The summed E-state index contributed by atoms with van der Waals surface area (Å²) in [5, 5.41) is 0. The van der Waals surface area contributed by atoms with Gasteiger partial charge in [-0.25, -0.2) is 0 Å². The van der Waals surface area contributed by atoms with Gasteiger partial charge in [-0.2, -0.15) is 0 Å². The summed E-state index contributed by atoms with van der Waals surface area (Å²) >= 11 is 0. The molecule has 0 bridgehead atoms. The molecule has 0 fully saturated rings. The van der Waals surface area contributed by atoms with Gasteiger partial charge in [-0.3, -0.25) is 14.4 Å². The van der Waals surface area contributed by atoms with E-state index in [1.807, 2.05) is 0 Å². The molecule has 5 heteroatoms. The SMILES string of the molecule is CCOC(=O)C1(C(=O)OCC)CC=CC1C(=O)c1ccccc1. The Kier molecular flexibility index (Phi) is 5.32. The predicted octanol–water partition coefficient (Wildman–Crippen LogP) is 2.56. The number of rotatable bonds is 6. The summed E-state index contributed by atoms with van der Waals surface area (Å²) in [4.78, 5) is 37.8. The summed E-state index contributed by atoms with van der Waals surface area (Å²) in [7, 11) is 0. The van der Waals surface area contributed by atoms with E-state index in [1.54, 1.807) is 56.3 Å². The average Bonchev–Trinajstić information content (AvgIpc) is 3.01. The van der Waals surface area contributed by atoms with Crippen molar-refractivity contribution in [1.29, 1.82) is 0 Å². The fraction of sp³-hybridized carbons (Fsp3) is 0.389. The second kappa shape index (κ2) is 7.22. The largest absolute Gasteiger partial charge is 0.465 e. The lowest BCUT2D eigenvalue weighted by Gasteiger charge is -2.29. The van der Waals surface area contributed by atoms with Crippen LogP contribution in [0.25, 0.3) is 0 Å². The van der Waals surface area contributed by atoms with Crippen molar-refractivity contribution < 1.29 is 23.9 Å². The third-order valence-electron chi connectivity index (χ3n) is 3.92. The van der Waals surface area contributed by atoms with Gasteiger partial charge in [-0.05, 0) is 20.3 Å². The highest BCUT2D eigenvalue weighted by Gasteiger charge is 2.58. The number of benzene rings is 1. The van der Waals surface area contributed by atoms with Gasteiger partial charge in [0.15, 0.2) is 11.2 Å². The lowest BCUT2D eigenvalue weighted by atomic mass is 9.73. The van der Waals surface area contributed by atoms with E-state index in [1.165, 1.54) is 0 Å². The van der Waals surface area contributed by atoms with Crippen LogP contribution in [0, 0.1) is 11.3 Å². The molecule has 122 valence electrons. The number of ether oxygens (including phenoxy) is 2. The Morgan fingerprint density at radius 2 is 1.61 bits per heavy atom. The van der Waals surface area contributed by atoms with Gasteiger partial charge in [0.25, 0.3) is 0 Å². The van der Waals surface area contributed by atoms with Crippen LogP contribution in [-0.2, 0) is 19.1 Å². The van der Waals surface area contributed by atoms with Gasteiger partial charge in [0.2, 0.25) is 0 Å². The van der Waals surface area contributed by atoms with Gasteiger partial charge >= 0.3 is 11.9 Å². The zero-order valence-electron chi connectivity index (χ0n) is 13.3. The molecular formula is C18H20O5. The molecule has 5 nitrogen and oxygen atoms in total. The van der Waals surface area contributed by atoms with E-state index in [2.05, 4.69) is 0 Å². The third-order valence-corrected chi connectivity index (χ3v) is 3.92. The number of allylic oxidation sites excluding steroid dienone is 2. The summed E-state index contributed by atoms with van der Waals surface area (Å²) in [6.07, 6.45) is 3.37. The Hall–Kier alpha value is -2.43. The van der Waals surface area contributed by atoms with Crippen LogP contribution < -0.4 is 0 Å². The van der Waals surface area contributed by atoms with Crippen LogP contribution in [0.2, 0.25) is 0 Å². The molecule has 0 saturated heterocycles. The number of ketones is 1. The van der Waals surface area contributed by atoms with Gasteiger partial charge in [0.05, 0.1) is 19.1 Å². The van der Waals surface area contributed by atoms with Crippen LogP contribution in [0.1, 0.15) is 30.6 Å². The Balaban J connectivity index is 2.42. The molecule has 0 amide bonds. The molecule has 0 N–H and O–H groups in total. The number of Topliss-reactive ketones (excluding diaryl/α,β-unsaturated/α-hetero) is 1. The van der Waals surface area contributed by atoms with E-state index in [-0.39, 0.29) is 25.4 Å². The van der Waals surface area contributed by atoms with E-state index in [0.717, 1.165) is 0 Å². The number of hydrogen-bond donors (Lipinski definition) is 0. The van der Waals surface area contributed by atoms with Crippen molar-refractivity contribution >= 4 is 17.7 Å². The van der Waals surface area contributed by atoms with E-state index in [9.17, 15) is 14.4 Å². The number of hydrogen-bond acceptors (Lipinski definition) is 5. The molecule has 2 rings (SSSR count). The average molecular weight is 316 g/mol. The fourth-order valence-electron chi connectivity index (χ4n) is 2.80. The first-order valence-electron chi connectivity index (χ1n) is 7.68. The second-order valence-corrected chi connectivity index (χ2v) is 5.25. The van der Waals surface area contributed by atoms with Gasteiger partial charge in [-0.15, -0.1) is 0 Å². The zero-order chi connectivity index (χ0) is 16.9. The first-order valence-corrected chi connectivity index (χ1v) is 7.68. The van der Waals surface area contributed by atoms with Gasteiger partial charge in [0, 0.05) is 5.56 Å². The minimum atomic E-state index is -1.63. The molecule has 0 saturated carbocycles. The molecule has 0 aromatic heterocycles. The summed E-state index contributed by atoms with van der Waals surface area (Å²) in [5.41, 5.74) is -1.18. The van der Waals surface area contributed by atoms with E-state index < -0.39 is 23.3 Å². The molecule has 0 heterocycles. The van der Waals surface area contributed by atoms with Crippen LogP contribution >= 0.6 is 0 Å². The maximum absolute atomic E-state index is 12.8. The maximum atomic E-state index is 12.8. The van der Waals surface area contributed by atoms with Crippen molar-refractivity contribution in [1.82, 2.24) is 0 Å². The van der Waals surface area contributed by atoms with Crippen LogP contribution in [0.5, 0.6) is 0 Å². The standard InChI is InChI=1S/C18H20O5/c1-3-22-16(20)18(17(21)23-4-2)12-8-11-14(18)15(19)13-9-6-5-7-10-13/h5-11,14H,3-4,12H2,1-2H3. The van der Waals surface area contributed by atoms with Crippen LogP contribution in [0.3, 0.4) is 0 Å². The molecule has 1 unspecified atom stereocenters. The molecule has 1 aliphatic carbocycles. The summed E-state index contributed by atoms with van der Waals surface area (Å²) in [5.74, 6) is -2.63. The minimum absolute atomic E-state index is 0.105. The van der Waals surface area contributed by atoms with E-state index >= 15 is 0 Å². The maximum Gasteiger partial charge on any atom is 0.324 e. The number of carbonyl (C=O) groups excluding carboxylic acids is 3. The predicted molar refractivity (Wildman–Crippen MR) is 83.7 cm³/mol. The third kappa shape index (κ3) is 3.04. The molecule has 0 spiro atoms. The smallest absolute Gasteiger partial charge is 0.324 e. The molecular weight excluding hydrogens is 296 g/mol. The minimum Gasteiger partial charge on any atom is -0.465 e. The highest BCUT2D eigenvalue weighted by Crippen LogP contribution is 2.43. The van der Waals surface area contributed by atoms with Crippen molar-refractivity contribution in [3.63, 3.8) is 0 Å². The second-order valence-electron chi connectivity index (χ2n) is 5.25. The number of esters is 2. The van der Waals surface area contributed by atoms with Crippen LogP contribution in [0.15, 0.2) is 42.5 Å². The molecule has 0 radical (unpaired) electrons. The molecule has 1 aromatic carbocycles. The molecule has 1 aromatic rings. The monoisotopic (exact) mass is 316 g/mol. The van der Waals surface area contributed by atoms with E-state index in [4.69, 9.17) is 9.47 Å². The van der Waals surface area contributed by atoms with Crippen molar-refractivity contribution in [3.05, 3.63) is 48.0 Å². The first kappa shape index (κ1) is 16.9. The Bertz CT molecular complexity index is 600. The number of carbonyl (C=O) groups is 3. The van der Waals surface area contributed by atoms with Gasteiger partial charge < -0.3 is 9.47 Å². The molecule has 1 atom stereocenters. The van der Waals surface area contributed by atoms with Crippen molar-refractivity contribution in [2.75, 3.05) is 13.2 Å². The molecule has 0 aliphatic heterocycles. The Labute approximate surface area is 135 Å². The first-order chi connectivity index (χ1) is 11.1. The van der Waals surface area contributed by atoms with Crippen LogP contribution in [-0.4, -0.2) is 30.9 Å². The zero-order valence-corrected chi connectivity index (χ0v) is 13.3. The van der Waals surface area contributed by atoms with Crippen molar-refractivity contribution in [2.24, 2.45) is 11.3 Å². The fourth-order valence-corrected chi connectivity index (χ4v) is 2.80. The van der Waals surface area contributed by atoms with E-state index in [0.29, 0.717) is 5.56 Å². The van der Waals surface area contributed by atoms with Crippen molar-refractivity contribution in [3.8, 4) is 0 Å². The van der Waals surface area contributed by atoms with Gasteiger partial charge in [0.1, 0.15) is 0 Å². The highest BCUT2D eigenvalue weighted by atomic mass is 16.6. The van der Waals surface area contributed by atoms with Crippen LogP contribution in [0.4, 0.5) is 0 Å². The summed E-state index contributed by atoms with van der Waals surface area (Å²) in [6.45, 7) is 3.58. The highest BCUT2D eigenvalue weighted by molar-refractivity contribution is 6.10. The summed E-state index contributed by atoms with van der Waals surface area (Å²) < 4.78 is 10.2.